The molecule has 2 N–H and O–H groups in total. The lowest BCUT2D eigenvalue weighted by atomic mass is 9.99. The van der Waals surface area contributed by atoms with Gasteiger partial charge in [-0.25, -0.2) is 4.98 Å². The van der Waals surface area contributed by atoms with E-state index in [1.54, 1.807) is 0 Å². The molecule has 0 aliphatic carbocycles. The SMILES string of the molecule is CN=C(NCCCn1c(C)nc2ccccc21)NCC1CCCN(C)C1.I. The van der Waals surface area contributed by atoms with Crippen LogP contribution in [0.25, 0.3) is 11.0 Å². The van der Waals surface area contributed by atoms with Gasteiger partial charge in [0.15, 0.2) is 5.96 Å². The summed E-state index contributed by atoms with van der Waals surface area (Å²) in [5, 5.41) is 6.93. The number of para-hydroxylation sites is 2. The molecule has 1 fully saturated rings. The maximum Gasteiger partial charge on any atom is 0.190 e. The Morgan fingerprint density at radius 3 is 2.89 bits per heavy atom. The summed E-state index contributed by atoms with van der Waals surface area (Å²) in [6.45, 7) is 7.34. The van der Waals surface area contributed by atoms with Crippen LogP contribution < -0.4 is 10.6 Å². The molecule has 6 nitrogen and oxygen atoms in total. The van der Waals surface area contributed by atoms with Gasteiger partial charge in [-0.05, 0) is 57.8 Å². The van der Waals surface area contributed by atoms with E-state index in [-0.39, 0.29) is 24.0 Å². The predicted octanol–water partition coefficient (Wildman–Crippen LogP) is 2.86. The van der Waals surface area contributed by atoms with Crippen molar-refractivity contribution in [2.24, 2.45) is 10.9 Å². The van der Waals surface area contributed by atoms with Crippen LogP contribution in [0, 0.1) is 12.8 Å². The van der Waals surface area contributed by atoms with Crippen LogP contribution in [0.2, 0.25) is 0 Å². The van der Waals surface area contributed by atoms with E-state index >= 15 is 0 Å². The van der Waals surface area contributed by atoms with Gasteiger partial charge in [0.05, 0.1) is 11.0 Å². The van der Waals surface area contributed by atoms with Crippen LogP contribution in [-0.2, 0) is 6.54 Å². The Morgan fingerprint density at radius 1 is 1.30 bits per heavy atom. The Balaban J connectivity index is 0.00000261. The fourth-order valence-electron chi connectivity index (χ4n) is 3.82. The van der Waals surface area contributed by atoms with Crippen molar-refractivity contribution in [2.75, 3.05) is 40.3 Å². The molecular formula is C20H33IN6. The summed E-state index contributed by atoms with van der Waals surface area (Å²) in [4.78, 5) is 11.4. The van der Waals surface area contributed by atoms with Gasteiger partial charge in [-0.15, -0.1) is 24.0 Å². The molecular weight excluding hydrogens is 451 g/mol. The van der Waals surface area contributed by atoms with Gasteiger partial charge in [0.1, 0.15) is 5.82 Å². The minimum atomic E-state index is 0. The lowest BCUT2D eigenvalue weighted by molar-refractivity contribution is 0.210. The Bertz CT molecular complexity index is 741. The molecule has 1 unspecified atom stereocenters. The zero-order valence-electron chi connectivity index (χ0n) is 16.7. The number of nitrogens with one attached hydrogen (secondary N) is 2. The molecule has 1 aromatic heterocycles. The number of rotatable bonds is 6. The zero-order valence-corrected chi connectivity index (χ0v) is 19.1. The average molecular weight is 484 g/mol. The van der Waals surface area contributed by atoms with E-state index in [4.69, 9.17) is 0 Å². The highest BCUT2D eigenvalue weighted by atomic mass is 127. The van der Waals surface area contributed by atoms with E-state index in [0.717, 1.165) is 43.4 Å². The molecule has 7 heteroatoms. The topological polar surface area (TPSA) is 57.5 Å². The van der Waals surface area contributed by atoms with Crippen LogP contribution in [0.1, 0.15) is 25.1 Å². The number of imidazole rings is 1. The Kier molecular flexibility index (Phi) is 8.82. The molecule has 1 aromatic carbocycles. The molecule has 0 saturated carbocycles. The molecule has 150 valence electrons. The number of aryl methyl sites for hydroxylation is 2. The lowest BCUT2D eigenvalue weighted by Crippen LogP contribution is -2.43. The van der Waals surface area contributed by atoms with Gasteiger partial charge in [0.25, 0.3) is 0 Å². The maximum atomic E-state index is 4.63. The monoisotopic (exact) mass is 484 g/mol. The number of piperidine rings is 1. The number of nitrogens with zero attached hydrogens (tertiary/aromatic N) is 4. The number of aromatic nitrogens is 2. The molecule has 0 radical (unpaired) electrons. The van der Waals surface area contributed by atoms with Gasteiger partial charge < -0.3 is 20.1 Å². The predicted molar refractivity (Wildman–Crippen MR) is 124 cm³/mol. The molecule has 1 saturated heterocycles. The number of halogens is 1. The molecule has 27 heavy (non-hydrogen) atoms. The van der Waals surface area contributed by atoms with Crippen molar-refractivity contribution in [3.63, 3.8) is 0 Å². The Morgan fingerprint density at radius 2 is 2.11 bits per heavy atom. The highest BCUT2D eigenvalue weighted by Gasteiger charge is 2.17. The van der Waals surface area contributed by atoms with Crippen LogP contribution in [0.15, 0.2) is 29.3 Å². The summed E-state index contributed by atoms with van der Waals surface area (Å²) in [6, 6.07) is 8.34. The first-order valence-electron chi connectivity index (χ1n) is 9.72. The Labute approximate surface area is 179 Å². The van der Waals surface area contributed by atoms with Gasteiger partial charge in [0.2, 0.25) is 0 Å². The molecule has 3 rings (SSSR count). The second kappa shape index (κ2) is 10.8. The number of hydrogen-bond acceptors (Lipinski definition) is 3. The van der Waals surface area contributed by atoms with Crippen molar-refractivity contribution in [2.45, 2.75) is 32.7 Å². The van der Waals surface area contributed by atoms with Crippen LogP contribution >= 0.6 is 24.0 Å². The third-order valence-electron chi connectivity index (χ3n) is 5.20. The maximum absolute atomic E-state index is 4.63. The smallest absolute Gasteiger partial charge is 0.190 e. The average Bonchev–Trinajstić information content (AvgIpc) is 2.96. The molecule has 1 aliphatic rings. The molecule has 1 atom stereocenters. The molecule has 1 aliphatic heterocycles. The standard InChI is InChI=1S/C20H32N6.HI/c1-16-24-18-9-4-5-10-19(18)26(16)13-7-11-22-20(21-2)23-14-17-8-6-12-25(3)15-17;/h4-5,9-10,17H,6-8,11-15H2,1-3H3,(H2,21,22,23);1H. The summed E-state index contributed by atoms with van der Waals surface area (Å²) in [7, 11) is 4.05. The van der Waals surface area contributed by atoms with E-state index < -0.39 is 0 Å². The van der Waals surface area contributed by atoms with Crippen molar-refractivity contribution in [3.05, 3.63) is 30.1 Å². The second-order valence-corrected chi connectivity index (χ2v) is 7.30. The number of likely N-dealkylation sites (tertiary alicyclic amines) is 1. The summed E-state index contributed by atoms with van der Waals surface area (Å²) < 4.78 is 2.30. The van der Waals surface area contributed by atoms with Crippen LogP contribution in [0.3, 0.4) is 0 Å². The minimum absolute atomic E-state index is 0. The number of fused-ring (bicyclic) bond motifs is 1. The summed E-state index contributed by atoms with van der Waals surface area (Å²) >= 11 is 0. The first kappa shape index (κ1) is 21.9. The van der Waals surface area contributed by atoms with Gasteiger partial charge >= 0.3 is 0 Å². The van der Waals surface area contributed by atoms with Crippen LogP contribution in [0.5, 0.6) is 0 Å². The molecule has 2 heterocycles. The van der Waals surface area contributed by atoms with Crippen molar-refractivity contribution in [1.29, 1.82) is 0 Å². The van der Waals surface area contributed by atoms with Crippen molar-refractivity contribution < 1.29 is 0 Å². The van der Waals surface area contributed by atoms with Crippen molar-refractivity contribution in [1.82, 2.24) is 25.1 Å². The third kappa shape index (κ3) is 6.07. The summed E-state index contributed by atoms with van der Waals surface area (Å²) in [5.41, 5.74) is 2.29. The first-order valence-corrected chi connectivity index (χ1v) is 9.72. The number of hydrogen-bond donors (Lipinski definition) is 2. The molecule has 0 amide bonds. The molecule has 0 bridgehead atoms. The summed E-state index contributed by atoms with van der Waals surface area (Å²) in [6.07, 6.45) is 3.64. The lowest BCUT2D eigenvalue weighted by Gasteiger charge is -2.30. The normalized spacial score (nSPS) is 18.3. The van der Waals surface area contributed by atoms with Gasteiger partial charge in [-0.3, -0.25) is 4.99 Å². The fraction of sp³-hybridized carbons (Fsp3) is 0.600. The number of guanidine groups is 1. The summed E-state index contributed by atoms with van der Waals surface area (Å²) in [5.74, 6) is 2.70. The van der Waals surface area contributed by atoms with Crippen molar-refractivity contribution >= 4 is 41.0 Å². The first-order chi connectivity index (χ1) is 12.7. The highest BCUT2D eigenvalue weighted by Crippen LogP contribution is 2.16. The highest BCUT2D eigenvalue weighted by molar-refractivity contribution is 14.0. The van der Waals surface area contributed by atoms with Crippen molar-refractivity contribution in [3.8, 4) is 0 Å². The van der Waals surface area contributed by atoms with E-state index in [9.17, 15) is 0 Å². The molecule has 0 spiro atoms. The fourth-order valence-corrected chi connectivity index (χ4v) is 3.82. The van der Waals surface area contributed by atoms with Gasteiger partial charge in [0, 0.05) is 33.2 Å². The van der Waals surface area contributed by atoms with Gasteiger partial charge in [-0.1, -0.05) is 12.1 Å². The Hall–Kier alpha value is -1.35. The van der Waals surface area contributed by atoms with Crippen LogP contribution in [-0.4, -0.2) is 60.7 Å². The quantitative estimate of drug-likeness (QED) is 0.287. The number of aliphatic imine (C=N–C) groups is 1. The minimum Gasteiger partial charge on any atom is -0.356 e. The number of benzene rings is 1. The molecule has 2 aromatic rings. The largest absolute Gasteiger partial charge is 0.356 e. The zero-order chi connectivity index (χ0) is 18.4. The van der Waals surface area contributed by atoms with E-state index in [1.165, 1.54) is 31.4 Å². The van der Waals surface area contributed by atoms with E-state index in [1.807, 2.05) is 13.1 Å². The third-order valence-corrected chi connectivity index (χ3v) is 5.20. The van der Waals surface area contributed by atoms with E-state index in [0.29, 0.717) is 5.92 Å². The second-order valence-electron chi connectivity index (χ2n) is 7.30. The van der Waals surface area contributed by atoms with E-state index in [2.05, 4.69) is 62.2 Å². The van der Waals surface area contributed by atoms with Crippen LogP contribution in [0.4, 0.5) is 0 Å². The van der Waals surface area contributed by atoms with Gasteiger partial charge in [-0.2, -0.15) is 0 Å².